The molecule has 0 aliphatic heterocycles. The van der Waals surface area contributed by atoms with Crippen molar-refractivity contribution in [1.82, 2.24) is 15.3 Å². The van der Waals surface area contributed by atoms with Crippen molar-refractivity contribution >= 4 is 23.5 Å². The molecule has 2 N–H and O–H groups in total. The number of benzene rings is 1. The van der Waals surface area contributed by atoms with Crippen LogP contribution in [-0.2, 0) is 11.2 Å². The summed E-state index contributed by atoms with van der Waals surface area (Å²) in [4.78, 5) is 20.5. The van der Waals surface area contributed by atoms with Crippen molar-refractivity contribution in [1.29, 1.82) is 0 Å². The Morgan fingerprint density at radius 2 is 2.00 bits per heavy atom. The molecule has 7 heteroatoms. The van der Waals surface area contributed by atoms with Gasteiger partial charge >= 0.3 is 0 Å². The Bertz CT molecular complexity index is 649. The zero-order chi connectivity index (χ0) is 17.2. The van der Waals surface area contributed by atoms with Gasteiger partial charge in [0.25, 0.3) is 5.91 Å². The van der Waals surface area contributed by atoms with Gasteiger partial charge in [0.15, 0.2) is 0 Å². The van der Waals surface area contributed by atoms with Gasteiger partial charge in [-0.1, -0.05) is 23.7 Å². The second-order valence-electron chi connectivity index (χ2n) is 5.17. The zero-order valence-electron chi connectivity index (χ0n) is 13.6. The lowest BCUT2D eigenvalue weighted by molar-refractivity contribution is 0.0949. The number of hydrogen-bond donors (Lipinski definition) is 2. The number of hydrogen-bond acceptors (Lipinski definition) is 5. The van der Waals surface area contributed by atoms with E-state index in [1.54, 1.807) is 19.4 Å². The quantitative estimate of drug-likeness (QED) is 0.681. The lowest BCUT2D eigenvalue weighted by atomic mass is 10.1. The first-order valence-electron chi connectivity index (χ1n) is 7.77. The molecule has 1 aromatic carbocycles. The van der Waals surface area contributed by atoms with Crippen LogP contribution in [0.25, 0.3) is 0 Å². The average molecular weight is 349 g/mol. The average Bonchev–Trinajstić information content (AvgIpc) is 2.61. The lowest BCUT2D eigenvalue weighted by Gasteiger charge is -2.07. The number of nitrogens with zero attached hydrogens (tertiary/aromatic N) is 2. The summed E-state index contributed by atoms with van der Waals surface area (Å²) in [6.45, 7) is 1.88. The summed E-state index contributed by atoms with van der Waals surface area (Å²) >= 11 is 5.85. The van der Waals surface area contributed by atoms with Crippen LogP contribution in [0.2, 0.25) is 5.02 Å². The molecule has 24 heavy (non-hydrogen) atoms. The predicted octanol–water partition coefficient (Wildman–Crippen LogP) is 2.55. The Kier molecular flexibility index (Phi) is 7.45. The number of nitrogens with one attached hydrogen (secondary N) is 2. The number of amides is 1. The molecule has 2 aromatic rings. The Hall–Kier alpha value is -2.18. The molecule has 6 nitrogen and oxygen atoms in total. The highest BCUT2D eigenvalue weighted by Crippen LogP contribution is 2.09. The van der Waals surface area contributed by atoms with Crippen LogP contribution in [0.5, 0.6) is 0 Å². The normalized spacial score (nSPS) is 10.4. The third kappa shape index (κ3) is 6.14. The fourth-order valence-corrected chi connectivity index (χ4v) is 2.18. The van der Waals surface area contributed by atoms with Gasteiger partial charge in [-0.2, -0.15) is 0 Å². The third-order valence-electron chi connectivity index (χ3n) is 3.31. The maximum Gasteiger partial charge on any atom is 0.270 e. The first-order chi connectivity index (χ1) is 11.7. The van der Waals surface area contributed by atoms with Crippen molar-refractivity contribution in [2.45, 2.75) is 12.8 Å². The van der Waals surface area contributed by atoms with Crippen LogP contribution < -0.4 is 10.6 Å². The number of carbonyl (C=O) groups excluding carboxylic acids is 1. The number of carbonyl (C=O) groups is 1. The van der Waals surface area contributed by atoms with Crippen LogP contribution in [0, 0.1) is 0 Å². The summed E-state index contributed by atoms with van der Waals surface area (Å²) in [5, 5.41) is 6.63. The largest absolute Gasteiger partial charge is 0.385 e. The summed E-state index contributed by atoms with van der Waals surface area (Å²) in [5.74, 6) is 0.225. The van der Waals surface area contributed by atoms with Gasteiger partial charge in [0, 0.05) is 38.0 Å². The maximum absolute atomic E-state index is 12.1. The van der Waals surface area contributed by atoms with Crippen LogP contribution in [0.1, 0.15) is 22.5 Å². The fraction of sp³-hybridized carbons (Fsp3) is 0.353. The van der Waals surface area contributed by atoms with Crippen molar-refractivity contribution in [3.05, 3.63) is 52.8 Å². The van der Waals surface area contributed by atoms with E-state index in [4.69, 9.17) is 16.3 Å². The molecule has 0 atom stereocenters. The number of halogens is 1. The van der Waals surface area contributed by atoms with Gasteiger partial charge in [-0.05, 0) is 36.6 Å². The second-order valence-corrected chi connectivity index (χ2v) is 5.61. The van der Waals surface area contributed by atoms with Crippen molar-refractivity contribution < 1.29 is 9.53 Å². The highest BCUT2D eigenvalue weighted by Gasteiger charge is 2.08. The molecule has 0 saturated carbocycles. The van der Waals surface area contributed by atoms with Crippen molar-refractivity contribution in [2.24, 2.45) is 0 Å². The zero-order valence-corrected chi connectivity index (χ0v) is 14.3. The molecule has 0 unspecified atom stereocenters. The van der Waals surface area contributed by atoms with E-state index in [-0.39, 0.29) is 5.91 Å². The molecular formula is C17H21ClN4O2. The molecular weight excluding hydrogens is 328 g/mol. The van der Waals surface area contributed by atoms with Crippen molar-refractivity contribution in [3.63, 3.8) is 0 Å². The first-order valence-corrected chi connectivity index (χ1v) is 8.15. The number of anilines is 1. The highest BCUT2D eigenvalue weighted by atomic mass is 35.5. The first kappa shape index (κ1) is 18.2. The molecule has 1 heterocycles. The number of rotatable bonds is 9. The third-order valence-corrected chi connectivity index (χ3v) is 3.56. The summed E-state index contributed by atoms with van der Waals surface area (Å²) in [7, 11) is 1.66. The van der Waals surface area contributed by atoms with Crippen LogP contribution in [0.3, 0.4) is 0 Å². The minimum Gasteiger partial charge on any atom is -0.385 e. The SMILES string of the molecule is COCCCNc1nccc(C(=O)NCCc2ccc(Cl)cc2)n1. The molecule has 1 aromatic heterocycles. The minimum absolute atomic E-state index is 0.216. The van der Waals surface area contributed by atoms with Gasteiger partial charge in [0.2, 0.25) is 5.95 Å². The maximum atomic E-state index is 12.1. The minimum atomic E-state index is -0.216. The van der Waals surface area contributed by atoms with Gasteiger partial charge in [-0.25, -0.2) is 9.97 Å². The van der Waals surface area contributed by atoms with E-state index < -0.39 is 0 Å². The van der Waals surface area contributed by atoms with Gasteiger partial charge in [0.1, 0.15) is 5.69 Å². The summed E-state index contributed by atoms with van der Waals surface area (Å²) in [6.07, 6.45) is 3.15. The van der Waals surface area contributed by atoms with E-state index >= 15 is 0 Å². The van der Waals surface area contributed by atoms with Crippen LogP contribution in [-0.4, -0.2) is 42.7 Å². The predicted molar refractivity (Wildman–Crippen MR) is 94.5 cm³/mol. The van der Waals surface area contributed by atoms with E-state index in [1.807, 2.05) is 24.3 Å². The topological polar surface area (TPSA) is 76.1 Å². The molecule has 0 fully saturated rings. The van der Waals surface area contributed by atoms with E-state index in [2.05, 4.69) is 20.6 Å². The Morgan fingerprint density at radius 1 is 1.21 bits per heavy atom. The molecule has 0 saturated heterocycles. The molecule has 0 aliphatic rings. The summed E-state index contributed by atoms with van der Waals surface area (Å²) in [5.41, 5.74) is 1.46. The molecule has 128 valence electrons. The van der Waals surface area contributed by atoms with Gasteiger partial charge in [0.05, 0.1) is 0 Å². The number of ether oxygens (including phenoxy) is 1. The summed E-state index contributed by atoms with van der Waals surface area (Å²) in [6, 6.07) is 9.16. The van der Waals surface area contributed by atoms with Crippen molar-refractivity contribution in [2.75, 3.05) is 32.1 Å². The molecule has 0 radical (unpaired) electrons. The standard InChI is InChI=1S/C17H21ClN4O2/c1-24-12-2-9-20-17-21-11-8-15(22-17)16(23)19-10-7-13-3-5-14(18)6-4-13/h3-6,8,11H,2,7,9-10,12H2,1H3,(H,19,23)(H,20,21,22). The summed E-state index contributed by atoms with van der Waals surface area (Å²) < 4.78 is 4.98. The molecule has 1 amide bonds. The second kappa shape index (κ2) is 9.85. The Balaban J connectivity index is 1.80. The van der Waals surface area contributed by atoms with E-state index in [1.165, 1.54) is 0 Å². The van der Waals surface area contributed by atoms with Crippen molar-refractivity contribution in [3.8, 4) is 0 Å². The Labute approximate surface area is 146 Å². The monoisotopic (exact) mass is 348 g/mol. The van der Waals surface area contributed by atoms with E-state index in [9.17, 15) is 4.79 Å². The van der Waals surface area contributed by atoms with Gasteiger partial charge in [-0.3, -0.25) is 4.79 Å². The van der Waals surface area contributed by atoms with Crippen LogP contribution in [0.4, 0.5) is 5.95 Å². The van der Waals surface area contributed by atoms with Crippen LogP contribution >= 0.6 is 11.6 Å². The fourth-order valence-electron chi connectivity index (χ4n) is 2.05. The lowest BCUT2D eigenvalue weighted by Crippen LogP contribution is -2.27. The van der Waals surface area contributed by atoms with Gasteiger partial charge < -0.3 is 15.4 Å². The number of methoxy groups -OCH3 is 1. The highest BCUT2D eigenvalue weighted by molar-refractivity contribution is 6.30. The molecule has 0 spiro atoms. The molecule has 0 aliphatic carbocycles. The van der Waals surface area contributed by atoms with E-state index in [0.29, 0.717) is 36.4 Å². The molecule has 0 bridgehead atoms. The number of aromatic nitrogens is 2. The van der Waals surface area contributed by atoms with Gasteiger partial charge in [-0.15, -0.1) is 0 Å². The van der Waals surface area contributed by atoms with E-state index in [0.717, 1.165) is 18.4 Å². The molecule has 2 rings (SSSR count). The smallest absolute Gasteiger partial charge is 0.270 e. The van der Waals surface area contributed by atoms with Crippen LogP contribution in [0.15, 0.2) is 36.5 Å². The Morgan fingerprint density at radius 3 is 2.75 bits per heavy atom.